The molecular formula is C17H18N2O2. The molecule has 0 aliphatic carbocycles. The summed E-state index contributed by atoms with van der Waals surface area (Å²) in [4.78, 5) is 12.3. The smallest absolute Gasteiger partial charge is 0.198 e. The van der Waals surface area contributed by atoms with Crippen molar-refractivity contribution in [3.63, 3.8) is 0 Å². The van der Waals surface area contributed by atoms with Crippen LogP contribution in [-0.2, 0) is 13.5 Å². The standard InChI is InChI=1S/C17H18N2O2/c1-11-14(12(2)19(3)18-11)8-9-15(20)17-10-13-6-4-5-7-16(13)21-17/h4-7,10H,8-9H2,1-3H3. The molecule has 0 amide bonds. The first-order valence-corrected chi connectivity index (χ1v) is 7.07. The zero-order chi connectivity index (χ0) is 15.0. The summed E-state index contributed by atoms with van der Waals surface area (Å²) in [6, 6.07) is 9.49. The van der Waals surface area contributed by atoms with Gasteiger partial charge in [0.15, 0.2) is 11.5 Å². The van der Waals surface area contributed by atoms with Crippen LogP contribution in [0.15, 0.2) is 34.7 Å². The third-order valence-electron chi connectivity index (χ3n) is 3.96. The molecule has 0 fully saturated rings. The Morgan fingerprint density at radius 3 is 2.71 bits per heavy atom. The van der Waals surface area contributed by atoms with Gasteiger partial charge in [0, 0.05) is 24.5 Å². The molecule has 21 heavy (non-hydrogen) atoms. The lowest BCUT2D eigenvalue weighted by molar-refractivity contribution is 0.0958. The molecule has 3 aromatic rings. The number of Topliss-reactive ketones (excluding diaryl/α,β-unsaturated/α-hetero) is 1. The molecule has 0 unspecified atom stereocenters. The van der Waals surface area contributed by atoms with Crippen LogP contribution < -0.4 is 0 Å². The number of ketones is 1. The van der Waals surface area contributed by atoms with E-state index in [1.54, 1.807) is 0 Å². The average Bonchev–Trinajstić information content (AvgIpc) is 2.99. The second kappa shape index (κ2) is 5.20. The molecule has 0 saturated carbocycles. The van der Waals surface area contributed by atoms with Crippen LogP contribution in [0.5, 0.6) is 0 Å². The van der Waals surface area contributed by atoms with Crippen molar-refractivity contribution in [2.75, 3.05) is 0 Å². The van der Waals surface area contributed by atoms with Gasteiger partial charge in [-0.3, -0.25) is 9.48 Å². The van der Waals surface area contributed by atoms with E-state index in [9.17, 15) is 4.79 Å². The fourth-order valence-electron chi connectivity index (χ4n) is 2.66. The van der Waals surface area contributed by atoms with Gasteiger partial charge in [-0.15, -0.1) is 0 Å². The maximum absolute atomic E-state index is 12.3. The fraction of sp³-hybridized carbons (Fsp3) is 0.294. The monoisotopic (exact) mass is 282 g/mol. The van der Waals surface area contributed by atoms with Crippen LogP contribution in [0, 0.1) is 13.8 Å². The second-order valence-electron chi connectivity index (χ2n) is 5.34. The molecule has 2 aromatic heterocycles. The van der Waals surface area contributed by atoms with Crippen LogP contribution >= 0.6 is 0 Å². The molecule has 0 spiro atoms. The predicted octanol–water partition coefficient (Wildman–Crippen LogP) is 3.60. The summed E-state index contributed by atoms with van der Waals surface area (Å²) in [5, 5.41) is 5.35. The molecule has 0 bridgehead atoms. The van der Waals surface area contributed by atoms with E-state index in [0.717, 1.165) is 27.9 Å². The minimum atomic E-state index is 0.0360. The van der Waals surface area contributed by atoms with Gasteiger partial charge in [0.1, 0.15) is 5.58 Å². The largest absolute Gasteiger partial charge is 0.453 e. The molecule has 108 valence electrons. The second-order valence-corrected chi connectivity index (χ2v) is 5.34. The summed E-state index contributed by atoms with van der Waals surface area (Å²) in [6.45, 7) is 4.01. The van der Waals surface area contributed by atoms with E-state index < -0.39 is 0 Å². The van der Waals surface area contributed by atoms with Crippen molar-refractivity contribution in [1.82, 2.24) is 9.78 Å². The minimum Gasteiger partial charge on any atom is -0.453 e. The fourth-order valence-corrected chi connectivity index (χ4v) is 2.66. The minimum absolute atomic E-state index is 0.0360. The number of benzene rings is 1. The number of aromatic nitrogens is 2. The molecule has 0 atom stereocenters. The van der Waals surface area contributed by atoms with E-state index in [2.05, 4.69) is 5.10 Å². The van der Waals surface area contributed by atoms with E-state index in [1.807, 2.05) is 55.9 Å². The van der Waals surface area contributed by atoms with Gasteiger partial charge in [-0.05, 0) is 38.0 Å². The molecule has 2 heterocycles. The summed E-state index contributed by atoms with van der Waals surface area (Å²) in [7, 11) is 1.92. The lowest BCUT2D eigenvalue weighted by atomic mass is 10.0. The van der Waals surface area contributed by atoms with Crippen molar-refractivity contribution in [2.24, 2.45) is 7.05 Å². The number of nitrogens with zero attached hydrogens (tertiary/aromatic N) is 2. The van der Waals surface area contributed by atoms with Crippen molar-refractivity contribution >= 4 is 16.8 Å². The molecule has 4 heteroatoms. The Hall–Kier alpha value is -2.36. The molecule has 0 radical (unpaired) electrons. The highest BCUT2D eigenvalue weighted by Crippen LogP contribution is 2.21. The Bertz CT molecular complexity index is 778. The molecule has 0 aliphatic heterocycles. The van der Waals surface area contributed by atoms with Gasteiger partial charge in [0.05, 0.1) is 5.69 Å². The SMILES string of the molecule is Cc1nn(C)c(C)c1CCC(=O)c1cc2ccccc2o1. The number of para-hydroxylation sites is 1. The Morgan fingerprint density at radius 2 is 2.05 bits per heavy atom. The normalized spacial score (nSPS) is 11.2. The molecule has 3 rings (SSSR count). The lowest BCUT2D eigenvalue weighted by Gasteiger charge is -2.00. The Morgan fingerprint density at radius 1 is 1.29 bits per heavy atom. The number of hydrogen-bond donors (Lipinski definition) is 0. The number of furan rings is 1. The first-order chi connectivity index (χ1) is 10.1. The molecule has 0 saturated heterocycles. The lowest BCUT2D eigenvalue weighted by Crippen LogP contribution is -2.01. The number of hydrogen-bond acceptors (Lipinski definition) is 3. The first kappa shape index (κ1) is 13.6. The van der Waals surface area contributed by atoms with Crippen LogP contribution in [0.4, 0.5) is 0 Å². The first-order valence-electron chi connectivity index (χ1n) is 7.07. The van der Waals surface area contributed by atoms with Gasteiger partial charge in [-0.2, -0.15) is 5.10 Å². The number of aryl methyl sites for hydroxylation is 2. The average molecular weight is 282 g/mol. The summed E-state index contributed by atoms with van der Waals surface area (Å²) in [5.74, 6) is 0.476. The van der Waals surface area contributed by atoms with Crippen LogP contribution in [0.1, 0.15) is 33.9 Å². The Labute approximate surface area is 123 Å². The van der Waals surface area contributed by atoms with E-state index in [1.165, 1.54) is 0 Å². The molecule has 1 aromatic carbocycles. The van der Waals surface area contributed by atoms with Crippen molar-refractivity contribution in [1.29, 1.82) is 0 Å². The van der Waals surface area contributed by atoms with Crippen LogP contribution in [0.2, 0.25) is 0 Å². The van der Waals surface area contributed by atoms with E-state index in [-0.39, 0.29) is 5.78 Å². The topological polar surface area (TPSA) is 48.0 Å². The molecule has 4 nitrogen and oxygen atoms in total. The maximum atomic E-state index is 12.3. The van der Waals surface area contributed by atoms with E-state index in [4.69, 9.17) is 4.42 Å². The predicted molar refractivity (Wildman–Crippen MR) is 81.5 cm³/mol. The third-order valence-corrected chi connectivity index (χ3v) is 3.96. The van der Waals surface area contributed by atoms with Crippen molar-refractivity contribution < 1.29 is 9.21 Å². The molecular weight excluding hydrogens is 264 g/mol. The Balaban J connectivity index is 1.77. The Kier molecular flexibility index (Phi) is 3.37. The summed E-state index contributed by atoms with van der Waals surface area (Å²) >= 11 is 0. The molecule has 0 aliphatic rings. The number of carbonyl (C=O) groups excluding carboxylic acids is 1. The highest BCUT2D eigenvalue weighted by atomic mass is 16.3. The highest BCUT2D eigenvalue weighted by Gasteiger charge is 2.15. The van der Waals surface area contributed by atoms with E-state index in [0.29, 0.717) is 18.6 Å². The van der Waals surface area contributed by atoms with Crippen molar-refractivity contribution in [2.45, 2.75) is 26.7 Å². The number of carbonyl (C=O) groups is 1. The number of fused-ring (bicyclic) bond motifs is 1. The third kappa shape index (κ3) is 2.49. The highest BCUT2D eigenvalue weighted by molar-refractivity contribution is 5.97. The van der Waals surface area contributed by atoms with Gasteiger partial charge in [0.25, 0.3) is 0 Å². The van der Waals surface area contributed by atoms with Crippen LogP contribution in [0.25, 0.3) is 11.0 Å². The maximum Gasteiger partial charge on any atom is 0.198 e. The summed E-state index contributed by atoms with van der Waals surface area (Å²) in [5.41, 5.74) is 4.02. The van der Waals surface area contributed by atoms with Crippen LogP contribution in [-0.4, -0.2) is 15.6 Å². The van der Waals surface area contributed by atoms with Crippen molar-refractivity contribution in [3.05, 3.63) is 53.0 Å². The summed E-state index contributed by atoms with van der Waals surface area (Å²) in [6.07, 6.45) is 1.13. The van der Waals surface area contributed by atoms with Gasteiger partial charge in [-0.1, -0.05) is 18.2 Å². The van der Waals surface area contributed by atoms with E-state index >= 15 is 0 Å². The van der Waals surface area contributed by atoms with Gasteiger partial charge >= 0.3 is 0 Å². The molecule has 0 N–H and O–H groups in total. The van der Waals surface area contributed by atoms with Gasteiger partial charge < -0.3 is 4.42 Å². The summed E-state index contributed by atoms with van der Waals surface area (Å²) < 4.78 is 7.47. The number of rotatable bonds is 4. The van der Waals surface area contributed by atoms with Gasteiger partial charge in [-0.25, -0.2) is 0 Å². The van der Waals surface area contributed by atoms with Gasteiger partial charge in [0.2, 0.25) is 0 Å². The zero-order valence-corrected chi connectivity index (χ0v) is 12.5. The van der Waals surface area contributed by atoms with Crippen LogP contribution in [0.3, 0.4) is 0 Å². The zero-order valence-electron chi connectivity index (χ0n) is 12.5. The quantitative estimate of drug-likeness (QED) is 0.687. The van der Waals surface area contributed by atoms with Crippen molar-refractivity contribution in [3.8, 4) is 0 Å².